The van der Waals surface area contributed by atoms with Gasteiger partial charge in [0, 0.05) is 86.4 Å². The summed E-state index contributed by atoms with van der Waals surface area (Å²) >= 11 is -3.30. The summed E-state index contributed by atoms with van der Waals surface area (Å²) < 4.78 is 23.8. The van der Waals surface area contributed by atoms with Crippen molar-refractivity contribution in [2.45, 2.75) is 102 Å². The fourth-order valence-electron chi connectivity index (χ4n) is 16.2. The molecule has 0 radical (unpaired) electrons. The Balaban J connectivity index is 0.000000184. The molecule has 24 heteroatoms. The van der Waals surface area contributed by atoms with Gasteiger partial charge in [0.15, 0.2) is 0 Å². The van der Waals surface area contributed by atoms with Crippen molar-refractivity contribution in [2.24, 2.45) is 55.5 Å². The molecule has 0 atom stereocenters. The van der Waals surface area contributed by atoms with Gasteiger partial charge in [-0.15, -0.1) is 0 Å². The molecule has 8 aliphatic carbocycles. The number of halogens is 8. The van der Waals surface area contributed by atoms with Crippen molar-refractivity contribution >= 4 is 93.0 Å². The van der Waals surface area contributed by atoms with Crippen molar-refractivity contribution in [3.63, 3.8) is 0 Å². The maximum absolute atomic E-state index is 11.1. The molecule has 8 saturated carbocycles. The standard InChI is InChI=1S/2C24H27NO2.2C15H15NO2.8ClH.4Zr/c2*1-25-15-19-10-21(27-20-5-3-2-4-6-20)11-22(23(19)26)24-12-16-7-17(13-24)9-18(8-16)14-24;2*1-11-8-14(9-12(10-16-2)15(11)17)18-13-6-4-3-5-7-13;;;;;;;;;;;;/h2*2-6,10-11,15-18,26H,7-9,12-14H2,1H3;2*3-10,17H,1-2H3;8*1H;;;;/q;;;;;;;;;;;;4*+2/p-8. The molecule has 0 aromatic heterocycles. The summed E-state index contributed by atoms with van der Waals surface area (Å²) in [7, 11) is 46.3. The van der Waals surface area contributed by atoms with Gasteiger partial charge in [-0.25, -0.2) is 0 Å². The average Bonchev–Trinajstić information content (AvgIpc) is 0.734. The van der Waals surface area contributed by atoms with Gasteiger partial charge in [-0.3, -0.25) is 20.0 Å². The zero-order valence-corrected chi connectivity index (χ0v) is 73.5. The molecule has 0 aliphatic heterocycles. The van der Waals surface area contributed by atoms with Crippen LogP contribution in [0.5, 0.6) is 69.0 Å². The van der Waals surface area contributed by atoms with E-state index >= 15 is 0 Å². The molecule has 102 heavy (non-hydrogen) atoms. The molecular formula is C78H84Cl8N4O8Zr4. The van der Waals surface area contributed by atoms with Crippen LogP contribution in [0.15, 0.2) is 190 Å². The van der Waals surface area contributed by atoms with E-state index in [-0.39, 0.29) is 22.3 Å². The first-order valence-electron chi connectivity index (χ1n) is 33.2. The zero-order chi connectivity index (χ0) is 73.6. The molecular weight excluding hydrogens is 1770 g/mol. The number of nitrogens with zero attached hydrogens (tertiary/aromatic N) is 4. The fourth-order valence-corrected chi connectivity index (χ4v) is 16.2. The molecule has 12 nitrogen and oxygen atoms in total. The van der Waals surface area contributed by atoms with Crippen molar-refractivity contribution in [3.8, 4) is 69.0 Å². The number of ether oxygens (including phenoxy) is 4. The van der Waals surface area contributed by atoms with E-state index in [9.17, 15) is 20.4 Å². The van der Waals surface area contributed by atoms with Crippen LogP contribution in [-0.4, -0.2) is 73.5 Å². The Morgan fingerprint density at radius 3 is 0.716 bits per heavy atom. The van der Waals surface area contributed by atoms with E-state index in [2.05, 4.69) is 32.1 Å². The van der Waals surface area contributed by atoms with E-state index in [0.29, 0.717) is 34.1 Å². The summed E-state index contributed by atoms with van der Waals surface area (Å²) in [6.45, 7) is 3.67. The molecule has 8 aliphatic rings. The first-order valence-corrected chi connectivity index (χ1v) is 58.6. The van der Waals surface area contributed by atoms with Crippen molar-refractivity contribution in [1.29, 1.82) is 0 Å². The number of benzene rings is 8. The number of aromatic hydroxyl groups is 4. The van der Waals surface area contributed by atoms with E-state index in [4.69, 9.17) is 87.1 Å². The molecule has 4 N–H and O–H groups in total. The number of phenolic OH excluding ortho intramolecular Hbond substituents is 4. The van der Waals surface area contributed by atoms with Crippen LogP contribution in [0.1, 0.15) is 122 Å². The van der Waals surface area contributed by atoms with Gasteiger partial charge in [-0.1, -0.05) is 72.8 Å². The summed E-state index contributed by atoms with van der Waals surface area (Å²) in [6.07, 6.45) is 22.3. The Hall–Kier alpha value is -3.31. The summed E-state index contributed by atoms with van der Waals surface area (Å²) in [6, 6.07) is 53.9. The van der Waals surface area contributed by atoms with Crippen molar-refractivity contribution in [2.75, 3.05) is 28.2 Å². The SMILES string of the molecule is CN=Cc1cc(Oc2ccccc2)cc(C)c1O.CN=Cc1cc(Oc2ccccc2)cc(C)c1O.CN=Cc1cc(Oc2ccccc2)cc(C23CC4CC(CC(C4)C2)C3)c1O.CN=Cc1cc(Oc2ccccc2)cc(C23CC4CC(CC(C4)C2)C3)c1O.[Cl][Zr][Cl].[Cl][Zr][Cl].[Cl][Zr][Cl].[Cl][Zr][Cl]. The van der Waals surface area contributed by atoms with Gasteiger partial charge >= 0.3 is 151 Å². The van der Waals surface area contributed by atoms with Crippen LogP contribution in [0.4, 0.5) is 0 Å². The number of hydrogen-bond acceptors (Lipinski definition) is 12. The molecule has 8 bridgehead atoms. The van der Waals surface area contributed by atoms with Crippen LogP contribution in [-0.2, 0) is 94.2 Å². The van der Waals surface area contributed by atoms with Crippen LogP contribution in [0.3, 0.4) is 0 Å². The molecule has 8 aromatic rings. The number of para-hydroxylation sites is 4. The molecule has 0 saturated heterocycles. The summed E-state index contributed by atoms with van der Waals surface area (Å²) in [4.78, 5) is 16.2. The molecule has 0 spiro atoms. The van der Waals surface area contributed by atoms with Gasteiger partial charge in [0.05, 0.1) is 0 Å². The minimum atomic E-state index is -0.826. The maximum atomic E-state index is 11.1. The van der Waals surface area contributed by atoms with E-state index in [1.54, 1.807) is 77.3 Å². The normalized spacial score (nSPS) is 21.0. The Morgan fingerprint density at radius 2 is 0.510 bits per heavy atom. The van der Waals surface area contributed by atoms with Crippen molar-refractivity contribution < 1.29 is 123 Å². The molecule has 0 amide bonds. The first-order chi connectivity index (χ1) is 49.4. The van der Waals surface area contributed by atoms with Gasteiger partial charge in [0.2, 0.25) is 0 Å². The minimum absolute atomic E-state index is 0.116. The predicted octanol–water partition coefficient (Wildman–Crippen LogP) is 24.0. The van der Waals surface area contributed by atoms with E-state index in [1.165, 1.54) is 77.0 Å². The van der Waals surface area contributed by atoms with Crippen molar-refractivity contribution in [3.05, 3.63) is 214 Å². The predicted molar refractivity (Wildman–Crippen MR) is 409 cm³/mol. The number of rotatable bonds is 14. The zero-order valence-electron chi connectivity index (χ0n) is 57.7. The molecule has 8 aromatic carbocycles. The molecule has 0 unspecified atom stereocenters. The number of aryl methyl sites for hydroxylation is 2. The Morgan fingerprint density at radius 1 is 0.314 bits per heavy atom. The van der Waals surface area contributed by atoms with Crippen LogP contribution in [0, 0.1) is 49.4 Å². The van der Waals surface area contributed by atoms with Gasteiger partial charge < -0.3 is 39.4 Å². The molecule has 0 heterocycles. The Labute approximate surface area is 676 Å². The Kier molecular flexibility index (Phi) is 37.8. The quantitative estimate of drug-likeness (QED) is 0.0781. The monoisotopic (exact) mass is 1840 g/mol. The molecule has 536 valence electrons. The number of aliphatic imine (C=N–C) groups is 4. The average molecular weight is 1850 g/mol. The van der Waals surface area contributed by atoms with Gasteiger partial charge in [0.25, 0.3) is 0 Å². The van der Waals surface area contributed by atoms with E-state index < -0.39 is 83.4 Å². The third-order valence-corrected chi connectivity index (χ3v) is 19.0. The van der Waals surface area contributed by atoms with E-state index in [0.717, 1.165) is 103 Å². The van der Waals surface area contributed by atoms with E-state index in [1.807, 2.05) is 147 Å². The fraction of sp³-hybridized carbons (Fsp3) is 0.333. The van der Waals surface area contributed by atoms with Crippen LogP contribution in [0.25, 0.3) is 0 Å². The third kappa shape index (κ3) is 25.4. The number of phenols is 4. The summed E-state index contributed by atoms with van der Waals surface area (Å²) in [5, 5.41) is 42.0. The second kappa shape index (κ2) is 44.9. The second-order valence-electron chi connectivity index (χ2n) is 26.1. The molecule has 8 fully saturated rings. The van der Waals surface area contributed by atoms with Crippen LogP contribution >= 0.6 is 68.1 Å². The second-order valence-corrected chi connectivity index (χ2v) is 41.0. The Bertz CT molecular complexity index is 3670. The molecule has 16 rings (SSSR count). The summed E-state index contributed by atoms with van der Waals surface area (Å²) in [5.74, 6) is 12.4. The van der Waals surface area contributed by atoms with Gasteiger partial charge in [0.1, 0.15) is 69.0 Å². The third-order valence-electron chi connectivity index (χ3n) is 19.0. The number of hydrogen-bond donors (Lipinski definition) is 4. The topological polar surface area (TPSA) is 167 Å². The van der Waals surface area contributed by atoms with Gasteiger partial charge in [-0.05, 0) is 245 Å². The van der Waals surface area contributed by atoms with Crippen LogP contribution in [0.2, 0.25) is 0 Å². The van der Waals surface area contributed by atoms with Gasteiger partial charge in [-0.2, -0.15) is 0 Å². The van der Waals surface area contributed by atoms with Crippen LogP contribution < -0.4 is 18.9 Å². The van der Waals surface area contributed by atoms with Crippen molar-refractivity contribution in [1.82, 2.24) is 0 Å². The first kappa shape index (κ1) is 85.9. The summed E-state index contributed by atoms with van der Waals surface area (Å²) in [5.41, 5.74) is 6.77.